The van der Waals surface area contributed by atoms with E-state index in [4.69, 9.17) is 11.6 Å². The third kappa shape index (κ3) is 1.88. The number of hydrogen-bond donors (Lipinski definition) is 1. The smallest absolute Gasteiger partial charge is 0.260 e. The second-order valence-electron chi connectivity index (χ2n) is 3.87. The highest BCUT2D eigenvalue weighted by atomic mass is 35.5. The van der Waals surface area contributed by atoms with Crippen molar-refractivity contribution in [1.29, 1.82) is 0 Å². The van der Waals surface area contributed by atoms with Crippen molar-refractivity contribution in [3.05, 3.63) is 39.1 Å². The molecule has 92 valence electrons. The van der Waals surface area contributed by atoms with Gasteiger partial charge in [-0.15, -0.1) is 34.3 Å². The second kappa shape index (κ2) is 4.50. The molecule has 6 heteroatoms. The van der Waals surface area contributed by atoms with Gasteiger partial charge in [-0.25, -0.2) is 4.98 Å². The van der Waals surface area contributed by atoms with Crippen molar-refractivity contribution >= 4 is 44.5 Å². The van der Waals surface area contributed by atoms with Gasteiger partial charge in [-0.2, -0.15) is 0 Å². The van der Waals surface area contributed by atoms with Crippen LogP contribution in [0.5, 0.6) is 0 Å². The number of fused-ring (bicyclic) bond motifs is 1. The molecular formula is C12H9ClN2OS2. The van der Waals surface area contributed by atoms with Crippen LogP contribution in [0.1, 0.15) is 18.1 Å². The molecule has 3 aromatic heterocycles. The first-order valence-corrected chi connectivity index (χ1v) is 7.55. The summed E-state index contributed by atoms with van der Waals surface area (Å²) in [6.45, 7) is 1.79. The van der Waals surface area contributed by atoms with Crippen LogP contribution < -0.4 is 5.56 Å². The zero-order chi connectivity index (χ0) is 12.7. The Hall–Kier alpha value is -1.17. The predicted octanol–water partition coefficient (Wildman–Crippen LogP) is 4.01. The van der Waals surface area contributed by atoms with Gasteiger partial charge < -0.3 is 4.98 Å². The Labute approximate surface area is 116 Å². The molecule has 0 unspecified atom stereocenters. The van der Waals surface area contributed by atoms with E-state index in [-0.39, 0.29) is 10.9 Å². The number of aromatic amines is 1. The summed E-state index contributed by atoms with van der Waals surface area (Å²) in [5, 5.41) is 4.33. The molecule has 0 saturated heterocycles. The molecule has 0 aliphatic carbocycles. The van der Waals surface area contributed by atoms with Crippen molar-refractivity contribution in [2.75, 3.05) is 0 Å². The third-order valence-corrected chi connectivity index (χ3v) is 4.61. The maximum atomic E-state index is 12.1. The van der Waals surface area contributed by atoms with Gasteiger partial charge in [0.1, 0.15) is 10.7 Å². The molecule has 0 amide bonds. The van der Waals surface area contributed by atoms with Gasteiger partial charge in [-0.05, 0) is 18.4 Å². The molecule has 0 aliphatic rings. The molecule has 0 radical (unpaired) electrons. The molecule has 0 spiro atoms. The van der Waals surface area contributed by atoms with Crippen molar-refractivity contribution < 1.29 is 0 Å². The Balaban J connectivity index is 2.30. The van der Waals surface area contributed by atoms with Crippen LogP contribution in [0, 0.1) is 0 Å². The zero-order valence-corrected chi connectivity index (χ0v) is 11.8. The highest BCUT2D eigenvalue weighted by Gasteiger charge is 2.14. The van der Waals surface area contributed by atoms with E-state index in [0.717, 1.165) is 15.3 Å². The summed E-state index contributed by atoms with van der Waals surface area (Å²) in [4.78, 5) is 21.1. The lowest BCUT2D eigenvalue weighted by Crippen LogP contribution is -2.11. The lowest BCUT2D eigenvalue weighted by atomic mass is 10.2. The highest BCUT2D eigenvalue weighted by molar-refractivity contribution is 7.18. The van der Waals surface area contributed by atoms with Gasteiger partial charge >= 0.3 is 0 Å². The molecule has 0 aliphatic heterocycles. The average molecular weight is 297 g/mol. The summed E-state index contributed by atoms with van der Waals surface area (Å²) < 4.78 is 0. The Morgan fingerprint density at radius 2 is 2.28 bits per heavy atom. The van der Waals surface area contributed by atoms with Crippen molar-refractivity contribution in [3.8, 4) is 10.4 Å². The van der Waals surface area contributed by atoms with Crippen LogP contribution in [0.25, 0.3) is 20.7 Å². The molecule has 0 aromatic carbocycles. The summed E-state index contributed by atoms with van der Waals surface area (Å²) in [7, 11) is 0. The molecule has 3 rings (SSSR count). The first-order chi connectivity index (χ1) is 8.66. The summed E-state index contributed by atoms with van der Waals surface area (Å²) in [6.07, 6.45) is 0. The number of rotatable bonds is 2. The molecule has 1 N–H and O–H groups in total. The van der Waals surface area contributed by atoms with Crippen LogP contribution in [-0.2, 0) is 0 Å². The maximum absolute atomic E-state index is 12.1. The lowest BCUT2D eigenvalue weighted by molar-refractivity contribution is 0.917. The summed E-state index contributed by atoms with van der Waals surface area (Å²) in [5.74, 6) is 0.522. The van der Waals surface area contributed by atoms with E-state index in [1.807, 2.05) is 22.9 Å². The van der Waals surface area contributed by atoms with Gasteiger partial charge in [0.15, 0.2) is 0 Å². The normalized spacial score (nSPS) is 13.0. The molecule has 0 fully saturated rings. The number of nitrogens with one attached hydrogen (secondary N) is 1. The van der Waals surface area contributed by atoms with Crippen molar-refractivity contribution in [2.45, 2.75) is 12.3 Å². The number of alkyl halides is 1. The maximum Gasteiger partial charge on any atom is 0.260 e. The summed E-state index contributed by atoms with van der Waals surface area (Å²) in [5.41, 5.74) is 0.833. The first kappa shape index (κ1) is 11.9. The minimum absolute atomic E-state index is 0.118. The summed E-state index contributed by atoms with van der Waals surface area (Å²) in [6, 6.07) is 3.98. The topological polar surface area (TPSA) is 45.8 Å². The molecule has 1 atom stereocenters. The SMILES string of the molecule is C[C@@H](Cl)c1nc2scc(-c3cccs3)c2c(=O)[nH]1. The van der Waals surface area contributed by atoms with Crippen LogP contribution in [0.4, 0.5) is 0 Å². The molecular weight excluding hydrogens is 288 g/mol. The number of nitrogens with zero attached hydrogens (tertiary/aromatic N) is 1. The van der Waals surface area contributed by atoms with E-state index in [2.05, 4.69) is 9.97 Å². The second-order valence-corrected chi connectivity index (χ2v) is 6.33. The first-order valence-electron chi connectivity index (χ1n) is 5.36. The van der Waals surface area contributed by atoms with E-state index in [0.29, 0.717) is 11.2 Å². The van der Waals surface area contributed by atoms with Crippen molar-refractivity contribution in [2.24, 2.45) is 0 Å². The van der Waals surface area contributed by atoms with E-state index in [1.165, 1.54) is 11.3 Å². The van der Waals surface area contributed by atoms with E-state index in [1.54, 1.807) is 18.3 Å². The van der Waals surface area contributed by atoms with Crippen LogP contribution in [-0.4, -0.2) is 9.97 Å². The monoisotopic (exact) mass is 296 g/mol. The lowest BCUT2D eigenvalue weighted by Gasteiger charge is -2.02. The van der Waals surface area contributed by atoms with E-state index in [9.17, 15) is 4.79 Å². The van der Waals surface area contributed by atoms with Gasteiger partial charge in [0, 0.05) is 15.8 Å². The Bertz CT molecular complexity index is 743. The number of halogens is 1. The third-order valence-electron chi connectivity index (χ3n) is 2.63. The molecule has 0 bridgehead atoms. The number of aromatic nitrogens is 2. The molecule has 18 heavy (non-hydrogen) atoms. The predicted molar refractivity (Wildman–Crippen MR) is 77.8 cm³/mol. The largest absolute Gasteiger partial charge is 0.309 e. The van der Waals surface area contributed by atoms with Crippen LogP contribution in [0.15, 0.2) is 27.7 Å². The fourth-order valence-corrected chi connectivity index (χ4v) is 3.64. The van der Waals surface area contributed by atoms with Crippen molar-refractivity contribution in [3.63, 3.8) is 0 Å². The quantitative estimate of drug-likeness (QED) is 0.726. The van der Waals surface area contributed by atoms with E-state index >= 15 is 0 Å². The highest BCUT2D eigenvalue weighted by Crippen LogP contribution is 2.33. The Morgan fingerprint density at radius 1 is 1.44 bits per heavy atom. The molecule has 3 heterocycles. The van der Waals surface area contributed by atoms with Gasteiger partial charge in [0.2, 0.25) is 0 Å². The zero-order valence-electron chi connectivity index (χ0n) is 9.44. The van der Waals surface area contributed by atoms with Gasteiger partial charge in [-0.3, -0.25) is 4.79 Å². The Kier molecular flexibility index (Phi) is 2.97. The fourth-order valence-electron chi connectivity index (χ4n) is 1.77. The molecule has 0 saturated carbocycles. The molecule has 3 aromatic rings. The van der Waals surface area contributed by atoms with Crippen LogP contribution in [0.3, 0.4) is 0 Å². The minimum Gasteiger partial charge on any atom is -0.309 e. The Morgan fingerprint density at radius 3 is 2.94 bits per heavy atom. The number of H-pyrrole nitrogens is 1. The molecule has 3 nitrogen and oxygen atoms in total. The van der Waals surface area contributed by atoms with Crippen LogP contribution >= 0.6 is 34.3 Å². The summed E-state index contributed by atoms with van der Waals surface area (Å²) >= 11 is 9.05. The number of thiophene rings is 2. The standard InChI is InChI=1S/C12H9ClN2OS2/c1-6(13)10-14-11(16)9-7(5-18-12(9)15-10)8-3-2-4-17-8/h2-6H,1H3,(H,14,15,16)/t6-/m1/s1. The minimum atomic E-state index is -0.297. The van der Waals surface area contributed by atoms with Gasteiger partial charge in [0.25, 0.3) is 5.56 Å². The van der Waals surface area contributed by atoms with Crippen molar-refractivity contribution in [1.82, 2.24) is 9.97 Å². The number of hydrogen-bond acceptors (Lipinski definition) is 4. The van der Waals surface area contributed by atoms with Gasteiger partial charge in [0.05, 0.1) is 10.8 Å². The average Bonchev–Trinajstić information content (AvgIpc) is 2.96. The van der Waals surface area contributed by atoms with Gasteiger partial charge in [-0.1, -0.05) is 6.07 Å². The van der Waals surface area contributed by atoms with E-state index < -0.39 is 0 Å². The fraction of sp³-hybridized carbons (Fsp3) is 0.167. The van der Waals surface area contributed by atoms with Crippen LogP contribution in [0.2, 0.25) is 0 Å².